The highest BCUT2D eigenvalue weighted by Crippen LogP contribution is 2.35. The van der Waals surface area contributed by atoms with Crippen LogP contribution >= 0.6 is 43.5 Å². The van der Waals surface area contributed by atoms with Gasteiger partial charge in [-0.2, -0.15) is 5.26 Å². The van der Waals surface area contributed by atoms with E-state index in [4.69, 9.17) is 16.3 Å². The molecule has 7 heteroatoms. The Labute approximate surface area is 196 Å². The number of carbonyl (C=O) groups is 1. The lowest BCUT2D eigenvalue weighted by molar-refractivity contribution is -0.112. The zero-order valence-corrected chi connectivity index (χ0v) is 19.5. The van der Waals surface area contributed by atoms with Crippen LogP contribution in [0.1, 0.15) is 11.1 Å². The number of nitriles is 1. The molecule has 1 amide bonds. The Morgan fingerprint density at radius 1 is 1.10 bits per heavy atom. The molecule has 30 heavy (non-hydrogen) atoms. The van der Waals surface area contributed by atoms with Crippen LogP contribution in [0.4, 0.5) is 5.69 Å². The maximum absolute atomic E-state index is 12.6. The summed E-state index contributed by atoms with van der Waals surface area (Å²) in [7, 11) is 0. The van der Waals surface area contributed by atoms with Crippen molar-refractivity contribution in [2.45, 2.75) is 6.61 Å². The van der Waals surface area contributed by atoms with Crippen LogP contribution in [0.15, 0.2) is 81.2 Å². The molecule has 150 valence electrons. The summed E-state index contributed by atoms with van der Waals surface area (Å²) in [4.78, 5) is 12.6. The van der Waals surface area contributed by atoms with E-state index in [1.807, 2.05) is 42.5 Å². The monoisotopic (exact) mass is 544 g/mol. The smallest absolute Gasteiger partial charge is 0.266 e. The topological polar surface area (TPSA) is 62.1 Å². The number of carbonyl (C=O) groups excluding carboxylic acids is 1. The number of amides is 1. The number of hydrogen-bond donors (Lipinski definition) is 1. The van der Waals surface area contributed by atoms with Crippen molar-refractivity contribution in [2.75, 3.05) is 5.32 Å². The Hall–Kier alpha value is -2.59. The number of nitrogens with one attached hydrogen (secondary N) is 1. The summed E-state index contributed by atoms with van der Waals surface area (Å²) < 4.78 is 7.48. The summed E-state index contributed by atoms with van der Waals surface area (Å²) in [5.41, 5.74) is 2.08. The SMILES string of the molecule is N#C/C(=C\c1cc(Br)cc(Br)c1OCc1ccccc1)C(=O)Nc1ccc(Cl)cc1. The molecule has 0 heterocycles. The zero-order chi connectivity index (χ0) is 21.5. The first-order valence-corrected chi connectivity index (χ1v) is 10.8. The van der Waals surface area contributed by atoms with Crippen LogP contribution in [-0.2, 0) is 11.4 Å². The fourth-order valence-electron chi connectivity index (χ4n) is 2.61. The number of hydrogen-bond acceptors (Lipinski definition) is 3. The van der Waals surface area contributed by atoms with Gasteiger partial charge in [-0.25, -0.2) is 0 Å². The van der Waals surface area contributed by atoms with Gasteiger partial charge in [-0.05, 0) is 64.0 Å². The highest BCUT2D eigenvalue weighted by Gasteiger charge is 2.14. The Morgan fingerprint density at radius 2 is 1.80 bits per heavy atom. The quantitative estimate of drug-likeness (QED) is 0.268. The summed E-state index contributed by atoms with van der Waals surface area (Å²) in [6.45, 7) is 0.348. The third-order valence-electron chi connectivity index (χ3n) is 4.03. The molecule has 0 saturated heterocycles. The molecule has 3 aromatic carbocycles. The van der Waals surface area contributed by atoms with Gasteiger partial charge in [0.15, 0.2) is 0 Å². The Balaban J connectivity index is 1.88. The number of anilines is 1. The minimum absolute atomic E-state index is 0.0560. The maximum atomic E-state index is 12.6. The van der Waals surface area contributed by atoms with Crippen molar-refractivity contribution in [2.24, 2.45) is 0 Å². The second-order valence-corrected chi connectivity index (χ2v) is 8.42. The van der Waals surface area contributed by atoms with Gasteiger partial charge in [0.1, 0.15) is 24.0 Å². The van der Waals surface area contributed by atoms with E-state index in [9.17, 15) is 10.1 Å². The van der Waals surface area contributed by atoms with Crippen LogP contribution < -0.4 is 10.1 Å². The summed E-state index contributed by atoms with van der Waals surface area (Å²) >= 11 is 12.8. The molecule has 0 bridgehead atoms. The maximum Gasteiger partial charge on any atom is 0.266 e. The van der Waals surface area contributed by atoms with Gasteiger partial charge in [-0.1, -0.05) is 57.9 Å². The average molecular weight is 547 g/mol. The minimum atomic E-state index is -0.523. The predicted octanol–water partition coefficient (Wildman–Crippen LogP) is 6.99. The fourth-order valence-corrected chi connectivity index (χ4v) is 4.10. The first-order chi connectivity index (χ1) is 14.5. The number of ether oxygens (including phenoxy) is 1. The van der Waals surface area contributed by atoms with Gasteiger partial charge in [-0.3, -0.25) is 4.79 Å². The van der Waals surface area contributed by atoms with E-state index in [-0.39, 0.29) is 5.57 Å². The lowest BCUT2D eigenvalue weighted by Crippen LogP contribution is -2.13. The van der Waals surface area contributed by atoms with Gasteiger partial charge < -0.3 is 10.1 Å². The first kappa shape index (κ1) is 22.1. The third-order valence-corrected chi connectivity index (χ3v) is 5.33. The first-order valence-electron chi connectivity index (χ1n) is 8.81. The van der Waals surface area contributed by atoms with E-state index in [2.05, 4.69) is 37.2 Å². The van der Waals surface area contributed by atoms with E-state index in [1.54, 1.807) is 30.3 Å². The fraction of sp³-hybridized carbons (Fsp3) is 0.0435. The number of halogens is 3. The summed E-state index contributed by atoms with van der Waals surface area (Å²) in [5.74, 6) is 0.0130. The lowest BCUT2D eigenvalue weighted by atomic mass is 10.1. The number of rotatable bonds is 6. The highest BCUT2D eigenvalue weighted by molar-refractivity contribution is 9.11. The second kappa shape index (κ2) is 10.4. The summed E-state index contributed by atoms with van der Waals surface area (Å²) in [6, 6.07) is 22.0. The van der Waals surface area contributed by atoms with Crippen molar-refractivity contribution >= 4 is 61.1 Å². The van der Waals surface area contributed by atoms with Crippen molar-refractivity contribution < 1.29 is 9.53 Å². The molecule has 3 rings (SSSR count). The summed E-state index contributed by atoms with van der Waals surface area (Å²) in [6.07, 6.45) is 1.50. The van der Waals surface area contributed by atoms with Gasteiger partial charge in [-0.15, -0.1) is 0 Å². The molecule has 0 aliphatic carbocycles. The van der Waals surface area contributed by atoms with Crippen LogP contribution in [0.5, 0.6) is 5.75 Å². The molecular formula is C23H15Br2ClN2O2. The highest BCUT2D eigenvalue weighted by atomic mass is 79.9. The molecule has 0 radical (unpaired) electrons. The minimum Gasteiger partial charge on any atom is -0.487 e. The van der Waals surface area contributed by atoms with Crippen LogP contribution in [0.25, 0.3) is 6.08 Å². The molecule has 4 nitrogen and oxygen atoms in total. The molecule has 3 aromatic rings. The molecule has 0 saturated carbocycles. The van der Waals surface area contributed by atoms with Gasteiger partial charge in [0.2, 0.25) is 0 Å². The second-order valence-electron chi connectivity index (χ2n) is 6.21. The van der Waals surface area contributed by atoms with Crippen molar-refractivity contribution in [3.63, 3.8) is 0 Å². The van der Waals surface area contributed by atoms with E-state index >= 15 is 0 Å². The van der Waals surface area contributed by atoms with Crippen LogP contribution in [-0.4, -0.2) is 5.91 Å². The van der Waals surface area contributed by atoms with Crippen molar-refractivity contribution in [3.8, 4) is 11.8 Å². The van der Waals surface area contributed by atoms with E-state index in [1.165, 1.54) is 6.08 Å². The van der Waals surface area contributed by atoms with E-state index < -0.39 is 5.91 Å². The normalized spacial score (nSPS) is 10.9. The van der Waals surface area contributed by atoms with Crippen LogP contribution in [0, 0.1) is 11.3 Å². The van der Waals surface area contributed by atoms with Crippen molar-refractivity contribution in [1.29, 1.82) is 5.26 Å². The molecule has 1 N–H and O–H groups in total. The largest absolute Gasteiger partial charge is 0.487 e. The van der Waals surface area contributed by atoms with Gasteiger partial charge >= 0.3 is 0 Å². The standard InChI is InChI=1S/C23H15Br2ClN2O2/c24-18-11-16(22(21(25)12-18)30-14-15-4-2-1-3-5-15)10-17(13-27)23(29)28-20-8-6-19(26)7-9-20/h1-12H,14H2,(H,28,29)/b17-10+. The third kappa shape index (κ3) is 5.96. The van der Waals surface area contributed by atoms with E-state index in [0.29, 0.717) is 33.1 Å². The van der Waals surface area contributed by atoms with Crippen LogP contribution in [0.2, 0.25) is 5.02 Å². The molecule has 0 fully saturated rings. The predicted molar refractivity (Wildman–Crippen MR) is 126 cm³/mol. The molecule has 0 unspecified atom stereocenters. The molecule has 0 aliphatic rings. The van der Waals surface area contributed by atoms with Crippen molar-refractivity contribution in [1.82, 2.24) is 0 Å². The molecule has 0 atom stereocenters. The summed E-state index contributed by atoms with van der Waals surface area (Å²) in [5, 5.41) is 12.8. The Morgan fingerprint density at radius 3 is 2.47 bits per heavy atom. The number of nitrogens with zero attached hydrogens (tertiary/aromatic N) is 1. The lowest BCUT2D eigenvalue weighted by Gasteiger charge is -2.13. The molecule has 0 aliphatic heterocycles. The average Bonchev–Trinajstić information content (AvgIpc) is 2.73. The van der Waals surface area contributed by atoms with Gasteiger partial charge in [0, 0.05) is 20.7 Å². The molecule has 0 aromatic heterocycles. The molecular weight excluding hydrogens is 532 g/mol. The molecule has 0 spiro atoms. The Kier molecular flexibility index (Phi) is 7.69. The van der Waals surface area contributed by atoms with E-state index in [0.717, 1.165) is 10.0 Å². The Bertz CT molecular complexity index is 1120. The van der Waals surface area contributed by atoms with Crippen LogP contribution in [0.3, 0.4) is 0 Å². The van der Waals surface area contributed by atoms with Crippen molar-refractivity contribution in [3.05, 3.63) is 97.4 Å². The number of benzene rings is 3. The van der Waals surface area contributed by atoms with Gasteiger partial charge in [0.05, 0.1) is 4.47 Å². The van der Waals surface area contributed by atoms with Gasteiger partial charge in [0.25, 0.3) is 5.91 Å². The zero-order valence-electron chi connectivity index (χ0n) is 15.5.